The van der Waals surface area contributed by atoms with Crippen molar-refractivity contribution in [1.29, 1.82) is 0 Å². The molecule has 5 heteroatoms. The van der Waals surface area contributed by atoms with E-state index in [-0.39, 0.29) is 5.41 Å². The van der Waals surface area contributed by atoms with Crippen LogP contribution in [0, 0.1) is 11.3 Å². The van der Waals surface area contributed by atoms with E-state index >= 15 is 0 Å². The predicted octanol–water partition coefficient (Wildman–Crippen LogP) is 6.44. The number of hydrogen-bond donors (Lipinski definition) is 1. The average Bonchev–Trinajstić information content (AvgIpc) is 3.65. The van der Waals surface area contributed by atoms with Crippen molar-refractivity contribution in [3.8, 4) is 5.75 Å². The molecule has 1 aliphatic carbocycles. The van der Waals surface area contributed by atoms with Crippen LogP contribution in [-0.2, 0) is 6.61 Å². The van der Waals surface area contributed by atoms with Crippen LogP contribution in [0.2, 0.25) is 0 Å². The van der Waals surface area contributed by atoms with Gasteiger partial charge in [-0.1, -0.05) is 45.0 Å². The molecule has 0 spiro atoms. The van der Waals surface area contributed by atoms with Gasteiger partial charge in [0.15, 0.2) is 0 Å². The summed E-state index contributed by atoms with van der Waals surface area (Å²) in [6.45, 7) is 7.47. The van der Waals surface area contributed by atoms with Crippen LogP contribution in [0.15, 0.2) is 77.0 Å². The third kappa shape index (κ3) is 5.10. The van der Waals surface area contributed by atoms with Gasteiger partial charge in [-0.3, -0.25) is 15.0 Å². The molecule has 0 unspecified atom stereocenters. The summed E-state index contributed by atoms with van der Waals surface area (Å²) in [4.78, 5) is 13.8. The molecule has 35 heavy (non-hydrogen) atoms. The number of benzene rings is 2. The second kappa shape index (κ2) is 9.59. The number of aromatic nitrogens is 1. The Morgan fingerprint density at radius 1 is 1.11 bits per heavy atom. The lowest BCUT2D eigenvalue weighted by molar-refractivity contribution is 0.310. The molecule has 2 aliphatic rings. The maximum absolute atomic E-state index is 6.33. The minimum absolute atomic E-state index is 0.0665. The Morgan fingerprint density at radius 3 is 2.60 bits per heavy atom. The molecule has 0 radical (unpaired) electrons. The van der Waals surface area contributed by atoms with Gasteiger partial charge in [0.2, 0.25) is 0 Å². The summed E-state index contributed by atoms with van der Waals surface area (Å²) in [7, 11) is 0. The van der Waals surface area contributed by atoms with Crippen molar-refractivity contribution >= 4 is 34.0 Å². The highest BCUT2D eigenvalue weighted by Crippen LogP contribution is 2.41. The molecular formula is C30H32N4O. The number of aliphatic imine (C=N–C) groups is 2. The number of fused-ring (bicyclic) bond motifs is 1. The Balaban J connectivity index is 1.37. The number of pyridine rings is 1. The van der Waals surface area contributed by atoms with Crippen LogP contribution in [0.4, 0.5) is 0 Å². The van der Waals surface area contributed by atoms with E-state index in [0.717, 1.165) is 44.8 Å². The summed E-state index contributed by atoms with van der Waals surface area (Å²) in [5.41, 5.74) is 12.1. The molecule has 178 valence electrons. The van der Waals surface area contributed by atoms with Crippen LogP contribution in [-0.4, -0.2) is 23.5 Å². The van der Waals surface area contributed by atoms with E-state index in [0.29, 0.717) is 19.1 Å². The van der Waals surface area contributed by atoms with Gasteiger partial charge in [0, 0.05) is 47.2 Å². The third-order valence-electron chi connectivity index (χ3n) is 6.40. The van der Waals surface area contributed by atoms with Gasteiger partial charge in [0.05, 0.1) is 11.4 Å². The van der Waals surface area contributed by atoms with Crippen LogP contribution >= 0.6 is 0 Å². The average molecular weight is 465 g/mol. The first-order valence-electron chi connectivity index (χ1n) is 12.3. The molecule has 5 rings (SSSR count). The van der Waals surface area contributed by atoms with Crippen molar-refractivity contribution in [3.63, 3.8) is 0 Å². The molecule has 0 atom stereocenters. The summed E-state index contributed by atoms with van der Waals surface area (Å²) < 4.78 is 6.33. The van der Waals surface area contributed by atoms with E-state index in [1.165, 1.54) is 18.4 Å². The highest BCUT2D eigenvalue weighted by Gasteiger charge is 2.28. The summed E-state index contributed by atoms with van der Waals surface area (Å²) in [5.74, 6) is 1.40. The minimum Gasteiger partial charge on any atom is -0.488 e. The number of ether oxygens (including phenoxy) is 1. The Kier molecular flexibility index (Phi) is 6.35. The van der Waals surface area contributed by atoms with Gasteiger partial charge in [-0.2, -0.15) is 0 Å². The number of hydrogen-bond acceptors (Lipinski definition) is 5. The number of rotatable bonds is 8. The molecule has 0 saturated heterocycles. The van der Waals surface area contributed by atoms with Gasteiger partial charge in [-0.05, 0) is 65.6 Å². The Labute approximate surface area is 207 Å². The zero-order chi connectivity index (χ0) is 24.4. The molecule has 1 fully saturated rings. The maximum Gasteiger partial charge on any atom is 0.127 e. The zero-order valence-corrected chi connectivity index (χ0v) is 20.7. The summed E-state index contributed by atoms with van der Waals surface area (Å²) in [6, 6.07) is 16.7. The van der Waals surface area contributed by atoms with Crippen LogP contribution < -0.4 is 10.5 Å². The first-order chi connectivity index (χ1) is 16.9. The molecule has 2 heterocycles. The van der Waals surface area contributed by atoms with Gasteiger partial charge in [0.25, 0.3) is 0 Å². The first kappa shape index (κ1) is 23.2. The molecule has 2 N–H and O–H groups in total. The molecule has 5 nitrogen and oxygen atoms in total. The van der Waals surface area contributed by atoms with Crippen molar-refractivity contribution < 1.29 is 4.74 Å². The van der Waals surface area contributed by atoms with Gasteiger partial charge in [-0.15, -0.1) is 0 Å². The lowest BCUT2D eigenvalue weighted by Crippen LogP contribution is -2.22. The van der Waals surface area contributed by atoms with Crippen molar-refractivity contribution in [2.75, 3.05) is 6.54 Å². The fourth-order valence-corrected chi connectivity index (χ4v) is 4.25. The molecule has 1 aliphatic heterocycles. The lowest BCUT2D eigenvalue weighted by Gasteiger charge is -2.26. The van der Waals surface area contributed by atoms with Crippen LogP contribution in [0.1, 0.15) is 50.4 Å². The van der Waals surface area contributed by atoms with Gasteiger partial charge >= 0.3 is 0 Å². The number of nitrogens with zero attached hydrogens (tertiary/aromatic N) is 3. The van der Waals surface area contributed by atoms with Crippen LogP contribution in [0.25, 0.3) is 22.0 Å². The SMILES string of the molecule is CC(C)(C)C1=NC(c2ccc(OCc3ccnc(C(=C/N=C\CN)C4CC4)c3)c3ccccc23)=C1. The second-order valence-corrected chi connectivity index (χ2v) is 10.2. The fourth-order valence-electron chi connectivity index (χ4n) is 4.25. The lowest BCUT2D eigenvalue weighted by atomic mass is 9.85. The smallest absolute Gasteiger partial charge is 0.127 e. The van der Waals surface area contributed by atoms with Crippen LogP contribution in [0.3, 0.4) is 0 Å². The van der Waals surface area contributed by atoms with E-state index in [1.807, 2.05) is 18.5 Å². The Morgan fingerprint density at radius 2 is 1.89 bits per heavy atom. The second-order valence-electron chi connectivity index (χ2n) is 10.2. The maximum atomic E-state index is 6.33. The highest BCUT2D eigenvalue weighted by molar-refractivity contribution is 6.15. The third-order valence-corrected chi connectivity index (χ3v) is 6.40. The molecule has 0 amide bonds. The summed E-state index contributed by atoms with van der Waals surface area (Å²) >= 11 is 0. The van der Waals surface area contributed by atoms with Gasteiger partial charge in [-0.25, -0.2) is 0 Å². The van der Waals surface area contributed by atoms with Crippen molar-refractivity contribution in [1.82, 2.24) is 4.98 Å². The van der Waals surface area contributed by atoms with Crippen molar-refractivity contribution in [3.05, 3.63) is 83.8 Å². The van der Waals surface area contributed by atoms with E-state index in [1.54, 1.807) is 6.21 Å². The summed E-state index contributed by atoms with van der Waals surface area (Å²) in [5, 5.41) is 2.24. The molecule has 3 aromatic rings. The first-order valence-corrected chi connectivity index (χ1v) is 12.3. The largest absolute Gasteiger partial charge is 0.488 e. The topological polar surface area (TPSA) is 72.9 Å². The number of allylic oxidation sites excluding steroid dienone is 2. The normalized spacial score (nSPS) is 16.3. The van der Waals surface area contributed by atoms with Crippen molar-refractivity contribution in [2.24, 2.45) is 27.1 Å². The van der Waals surface area contributed by atoms with Crippen LogP contribution in [0.5, 0.6) is 5.75 Å². The number of nitrogens with two attached hydrogens (primary N) is 1. The molecule has 1 aromatic heterocycles. The molecule has 1 saturated carbocycles. The molecule has 2 aromatic carbocycles. The van der Waals surface area contributed by atoms with E-state index in [2.05, 4.69) is 79.3 Å². The van der Waals surface area contributed by atoms with E-state index < -0.39 is 0 Å². The van der Waals surface area contributed by atoms with Gasteiger partial charge < -0.3 is 10.5 Å². The van der Waals surface area contributed by atoms with E-state index in [9.17, 15) is 0 Å². The van der Waals surface area contributed by atoms with Crippen molar-refractivity contribution in [2.45, 2.75) is 40.2 Å². The molecular weight excluding hydrogens is 432 g/mol. The Bertz CT molecular complexity index is 1370. The predicted molar refractivity (Wildman–Crippen MR) is 146 cm³/mol. The fraction of sp³-hybridized carbons (Fsp3) is 0.300. The quantitative estimate of drug-likeness (QED) is 0.390. The standard InChI is InChI=1S/C30H32N4O/c1-30(2,3)29-17-27(34-29)23-10-11-28(24-7-5-4-6-22(23)24)35-19-20-12-14-33-26(16-20)25(21-8-9-21)18-32-15-13-31/h4-7,10-12,14-18,21H,8-9,13,19,31H2,1-3H3/b25-18?,32-15-. The van der Waals surface area contributed by atoms with E-state index in [4.69, 9.17) is 15.5 Å². The van der Waals surface area contributed by atoms with Gasteiger partial charge in [0.1, 0.15) is 12.4 Å². The summed E-state index contributed by atoms with van der Waals surface area (Å²) in [6.07, 6.45) is 10.0. The minimum atomic E-state index is 0.0665. The highest BCUT2D eigenvalue weighted by atomic mass is 16.5. The Hall–Kier alpha value is -3.57. The monoisotopic (exact) mass is 464 g/mol. The molecule has 0 bridgehead atoms. The zero-order valence-electron chi connectivity index (χ0n) is 20.7.